The van der Waals surface area contributed by atoms with Gasteiger partial charge in [-0.1, -0.05) is 13.8 Å². The average Bonchev–Trinajstić information content (AvgIpc) is 2.64. The molecular formula is C11H19NO4. The van der Waals surface area contributed by atoms with Crippen molar-refractivity contribution in [2.24, 2.45) is 5.92 Å². The third-order valence-electron chi connectivity index (χ3n) is 2.59. The molecule has 1 rings (SSSR count). The van der Waals surface area contributed by atoms with Crippen molar-refractivity contribution in [3.63, 3.8) is 0 Å². The quantitative estimate of drug-likeness (QED) is 0.771. The molecule has 16 heavy (non-hydrogen) atoms. The summed E-state index contributed by atoms with van der Waals surface area (Å²) in [6.07, 6.45) is -0.481. The molecule has 2 unspecified atom stereocenters. The Hall–Kier alpha value is -1.10. The normalized spacial score (nSPS) is 24.8. The number of carboxylic acids is 1. The van der Waals surface area contributed by atoms with Crippen LogP contribution in [-0.2, 0) is 14.3 Å². The van der Waals surface area contributed by atoms with E-state index in [-0.39, 0.29) is 5.91 Å². The molecule has 5 heteroatoms. The summed E-state index contributed by atoms with van der Waals surface area (Å²) in [6, 6.07) is 0. The van der Waals surface area contributed by atoms with Gasteiger partial charge in [-0.15, -0.1) is 0 Å². The van der Waals surface area contributed by atoms with Crippen molar-refractivity contribution >= 4 is 11.9 Å². The van der Waals surface area contributed by atoms with Gasteiger partial charge >= 0.3 is 5.97 Å². The Morgan fingerprint density at radius 3 is 2.38 bits per heavy atom. The van der Waals surface area contributed by atoms with E-state index in [4.69, 9.17) is 9.84 Å². The van der Waals surface area contributed by atoms with Crippen LogP contribution in [0.4, 0.5) is 0 Å². The highest BCUT2D eigenvalue weighted by Gasteiger charge is 2.35. The molecule has 1 aliphatic heterocycles. The van der Waals surface area contributed by atoms with Gasteiger partial charge in [0.15, 0.2) is 6.10 Å². The second-order valence-electron chi connectivity index (χ2n) is 4.64. The second kappa shape index (κ2) is 5.30. The number of hydrogen-bond donors (Lipinski definition) is 1. The van der Waals surface area contributed by atoms with Gasteiger partial charge in [-0.2, -0.15) is 0 Å². The lowest BCUT2D eigenvalue weighted by Gasteiger charge is -2.22. The molecule has 1 aliphatic rings. The fourth-order valence-electron chi connectivity index (χ4n) is 1.88. The van der Waals surface area contributed by atoms with E-state index in [1.165, 1.54) is 0 Å². The first-order valence-electron chi connectivity index (χ1n) is 5.55. The average molecular weight is 229 g/mol. The molecule has 0 radical (unpaired) electrons. The maximum Gasteiger partial charge on any atom is 0.332 e. The van der Waals surface area contributed by atoms with Crippen LogP contribution in [0.2, 0.25) is 0 Å². The Labute approximate surface area is 95.4 Å². The first-order valence-corrected chi connectivity index (χ1v) is 5.55. The number of carbonyl (C=O) groups excluding carboxylic acids is 1. The van der Waals surface area contributed by atoms with Crippen molar-refractivity contribution in [1.82, 2.24) is 4.90 Å². The molecule has 5 nitrogen and oxygen atoms in total. The van der Waals surface area contributed by atoms with E-state index in [0.29, 0.717) is 25.3 Å². The van der Waals surface area contributed by atoms with Crippen molar-refractivity contribution in [1.29, 1.82) is 0 Å². The summed E-state index contributed by atoms with van der Waals surface area (Å²) in [5.74, 6) is -0.704. The lowest BCUT2D eigenvalue weighted by Crippen LogP contribution is -2.39. The number of aliphatic carboxylic acids is 1. The number of ether oxygens (including phenoxy) is 1. The van der Waals surface area contributed by atoms with Crippen LogP contribution in [0, 0.1) is 5.92 Å². The van der Waals surface area contributed by atoms with Crippen molar-refractivity contribution in [2.45, 2.75) is 38.9 Å². The Balaban J connectivity index is 2.47. The monoisotopic (exact) mass is 229 g/mol. The van der Waals surface area contributed by atoms with E-state index in [0.717, 1.165) is 0 Å². The van der Waals surface area contributed by atoms with Gasteiger partial charge in [0, 0.05) is 13.6 Å². The van der Waals surface area contributed by atoms with E-state index < -0.39 is 18.2 Å². The van der Waals surface area contributed by atoms with Gasteiger partial charge in [0.2, 0.25) is 0 Å². The van der Waals surface area contributed by atoms with Crippen LogP contribution in [0.3, 0.4) is 0 Å². The summed E-state index contributed by atoms with van der Waals surface area (Å²) in [7, 11) is 1.72. The lowest BCUT2D eigenvalue weighted by molar-refractivity contribution is -0.154. The molecule has 0 spiro atoms. The molecule has 0 bridgehead atoms. The first-order chi connectivity index (χ1) is 7.41. The van der Waals surface area contributed by atoms with Crippen LogP contribution >= 0.6 is 0 Å². The molecule has 0 aromatic rings. The van der Waals surface area contributed by atoms with Crippen LogP contribution in [-0.4, -0.2) is 47.7 Å². The van der Waals surface area contributed by atoms with Crippen LogP contribution in [0.5, 0.6) is 0 Å². The van der Waals surface area contributed by atoms with Gasteiger partial charge < -0.3 is 14.7 Å². The number of amides is 1. The molecule has 0 aromatic carbocycles. The molecule has 92 valence electrons. The predicted octanol–water partition coefficient (Wildman–Crippen LogP) is 0.733. The number of likely N-dealkylation sites (N-methyl/N-ethyl adjacent to an activating group) is 1. The Bertz CT molecular complexity index is 277. The number of rotatable bonds is 4. The van der Waals surface area contributed by atoms with Gasteiger partial charge in [-0.3, -0.25) is 4.79 Å². The number of nitrogens with zero attached hydrogens (tertiary/aromatic N) is 1. The second-order valence-corrected chi connectivity index (χ2v) is 4.64. The van der Waals surface area contributed by atoms with Crippen molar-refractivity contribution in [3.8, 4) is 0 Å². The minimum Gasteiger partial charge on any atom is -0.479 e. The molecular weight excluding hydrogens is 210 g/mol. The van der Waals surface area contributed by atoms with E-state index in [1.807, 2.05) is 13.8 Å². The maximum absolute atomic E-state index is 11.9. The molecule has 0 aromatic heterocycles. The molecule has 1 saturated heterocycles. The number of carbonyl (C=O) groups is 2. The summed E-state index contributed by atoms with van der Waals surface area (Å²) in [6.45, 7) is 4.72. The predicted molar refractivity (Wildman–Crippen MR) is 58.0 cm³/mol. The highest BCUT2D eigenvalue weighted by Crippen LogP contribution is 2.21. The molecule has 0 saturated carbocycles. The fourth-order valence-corrected chi connectivity index (χ4v) is 1.88. The third kappa shape index (κ3) is 3.20. The van der Waals surface area contributed by atoms with Crippen molar-refractivity contribution in [2.75, 3.05) is 13.6 Å². The minimum atomic E-state index is -0.984. The molecule has 2 atom stereocenters. The smallest absolute Gasteiger partial charge is 0.332 e. The zero-order chi connectivity index (χ0) is 12.3. The largest absolute Gasteiger partial charge is 0.479 e. The number of carboxylic acid groups (broad SMARTS) is 1. The topological polar surface area (TPSA) is 66.8 Å². The zero-order valence-corrected chi connectivity index (χ0v) is 9.97. The summed E-state index contributed by atoms with van der Waals surface area (Å²) >= 11 is 0. The van der Waals surface area contributed by atoms with Crippen LogP contribution in [0.25, 0.3) is 0 Å². The van der Waals surface area contributed by atoms with Crippen molar-refractivity contribution < 1.29 is 19.4 Å². The van der Waals surface area contributed by atoms with Crippen LogP contribution < -0.4 is 0 Å². The van der Waals surface area contributed by atoms with E-state index in [1.54, 1.807) is 11.9 Å². The fraction of sp³-hybridized carbons (Fsp3) is 0.818. The molecule has 1 N–H and O–H groups in total. The van der Waals surface area contributed by atoms with Gasteiger partial charge in [0.1, 0.15) is 6.10 Å². The summed E-state index contributed by atoms with van der Waals surface area (Å²) < 4.78 is 5.20. The van der Waals surface area contributed by atoms with E-state index in [2.05, 4.69) is 0 Å². The molecule has 1 heterocycles. The highest BCUT2D eigenvalue weighted by atomic mass is 16.5. The van der Waals surface area contributed by atoms with Gasteiger partial charge in [0.05, 0.1) is 0 Å². The molecule has 0 aliphatic carbocycles. The van der Waals surface area contributed by atoms with E-state index in [9.17, 15) is 9.59 Å². The Morgan fingerprint density at radius 1 is 1.38 bits per heavy atom. The third-order valence-corrected chi connectivity index (χ3v) is 2.59. The van der Waals surface area contributed by atoms with Gasteiger partial charge in [-0.25, -0.2) is 4.79 Å². The summed E-state index contributed by atoms with van der Waals surface area (Å²) in [4.78, 5) is 24.1. The van der Waals surface area contributed by atoms with Crippen molar-refractivity contribution in [3.05, 3.63) is 0 Å². The van der Waals surface area contributed by atoms with E-state index >= 15 is 0 Å². The van der Waals surface area contributed by atoms with Gasteiger partial charge in [-0.05, 0) is 18.8 Å². The lowest BCUT2D eigenvalue weighted by atomic mass is 10.1. The molecule has 1 fully saturated rings. The maximum atomic E-state index is 11.9. The minimum absolute atomic E-state index is 0.113. The number of hydrogen-bond acceptors (Lipinski definition) is 3. The van der Waals surface area contributed by atoms with Gasteiger partial charge in [0.25, 0.3) is 5.91 Å². The molecule has 1 amide bonds. The standard InChI is InChI=1S/C11H19NO4/c1-7(2)6-12(3)10(13)8-4-5-9(16-8)11(14)15/h7-9H,4-6H2,1-3H3,(H,14,15). The first kappa shape index (κ1) is 13.0. The van der Waals surface area contributed by atoms with Crippen LogP contribution in [0.1, 0.15) is 26.7 Å². The SMILES string of the molecule is CC(C)CN(C)C(=O)C1CCC(C(=O)O)O1. The Morgan fingerprint density at radius 2 is 1.94 bits per heavy atom. The highest BCUT2D eigenvalue weighted by molar-refractivity contribution is 5.82. The Kier molecular flexibility index (Phi) is 4.29. The summed E-state index contributed by atoms with van der Waals surface area (Å²) in [5, 5.41) is 8.75. The summed E-state index contributed by atoms with van der Waals surface area (Å²) in [5.41, 5.74) is 0. The zero-order valence-electron chi connectivity index (χ0n) is 9.97. The van der Waals surface area contributed by atoms with Crippen LogP contribution in [0.15, 0.2) is 0 Å².